The van der Waals surface area contributed by atoms with Crippen LogP contribution >= 0.6 is 0 Å². The second kappa shape index (κ2) is 6.71. The van der Waals surface area contributed by atoms with Gasteiger partial charge in [0.05, 0.1) is 6.54 Å². The molecule has 1 unspecified atom stereocenters. The van der Waals surface area contributed by atoms with Crippen LogP contribution in [0.15, 0.2) is 12.1 Å². The number of Topliss-reactive ketones (excluding diaryl/α,β-unsaturated/α-hetero) is 1. The Morgan fingerprint density at radius 3 is 2.43 bits per heavy atom. The molecular weight excluding hydrogens is 260 g/mol. The largest absolute Gasteiger partial charge is 0.305 e. The predicted molar refractivity (Wildman–Crippen MR) is 88.1 cm³/mol. The average molecular weight is 288 g/mol. The van der Waals surface area contributed by atoms with Gasteiger partial charge in [-0.05, 0) is 65.4 Å². The summed E-state index contributed by atoms with van der Waals surface area (Å²) in [6.07, 6.45) is 2.42. The summed E-state index contributed by atoms with van der Waals surface area (Å²) in [7, 11) is 4.26. The van der Waals surface area contributed by atoms with Gasteiger partial charge in [-0.25, -0.2) is 0 Å². The lowest BCUT2D eigenvalue weighted by Crippen LogP contribution is -2.46. The summed E-state index contributed by atoms with van der Waals surface area (Å²) >= 11 is 0. The molecule has 0 saturated carbocycles. The topological polar surface area (TPSA) is 23.6 Å². The number of carbonyl (C=O) groups excluding carboxylic acids is 1. The van der Waals surface area contributed by atoms with E-state index >= 15 is 0 Å². The van der Waals surface area contributed by atoms with E-state index in [4.69, 9.17) is 0 Å². The molecule has 1 aromatic carbocycles. The third-order valence-electron chi connectivity index (χ3n) is 4.53. The number of piperidine rings is 1. The van der Waals surface area contributed by atoms with Crippen LogP contribution in [0.4, 0.5) is 0 Å². The highest BCUT2D eigenvalue weighted by Crippen LogP contribution is 2.19. The van der Waals surface area contributed by atoms with Crippen LogP contribution in [-0.4, -0.2) is 55.4 Å². The molecule has 1 aromatic rings. The molecule has 0 aliphatic carbocycles. The summed E-state index contributed by atoms with van der Waals surface area (Å²) in [4.78, 5) is 17.3. The van der Waals surface area contributed by atoms with Crippen molar-refractivity contribution in [2.75, 3.05) is 33.7 Å². The highest BCUT2D eigenvalue weighted by atomic mass is 16.1. The third kappa shape index (κ3) is 3.92. The van der Waals surface area contributed by atoms with Crippen molar-refractivity contribution in [3.05, 3.63) is 34.4 Å². The number of hydrogen-bond acceptors (Lipinski definition) is 3. The Hall–Kier alpha value is -1.19. The molecule has 116 valence electrons. The smallest absolute Gasteiger partial charge is 0.177 e. The summed E-state index contributed by atoms with van der Waals surface area (Å²) in [6, 6.07) is 4.80. The highest BCUT2D eigenvalue weighted by molar-refractivity contribution is 6.00. The zero-order chi connectivity index (χ0) is 15.6. The summed E-state index contributed by atoms with van der Waals surface area (Å²) in [5, 5.41) is 0. The Morgan fingerprint density at radius 1 is 1.24 bits per heavy atom. The number of likely N-dealkylation sites (N-methyl/N-ethyl adjacent to an activating group) is 1. The van der Waals surface area contributed by atoms with E-state index in [0.29, 0.717) is 12.6 Å². The van der Waals surface area contributed by atoms with Crippen molar-refractivity contribution in [2.45, 2.75) is 39.7 Å². The maximum atomic E-state index is 12.7. The molecule has 1 aliphatic rings. The number of ketones is 1. The summed E-state index contributed by atoms with van der Waals surface area (Å²) in [5.74, 6) is 0.268. The van der Waals surface area contributed by atoms with E-state index in [1.165, 1.54) is 18.4 Å². The van der Waals surface area contributed by atoms with Gasteiger partial charge in [-0.2, -0.15) is 0 Å². The van der Waals surface area contributed by atoms with Crippen LogP contribution in [0.25, 0.3) is 0 Å². The Labute approximate surface area is 128 Å². The van der Waals surface area contributed by atoms with Crippen molar-refractivity contribution in [3.63, 3.8) is 0 Å². The summed E-state index contributed by atoms with van der Waals surface area (Å²) in [6.45, 7) is 8.77. The number of carbonyl (C=O) groups is 1. The van der Waals surface area contributed by atoms with E-state index < -0.39 is 0 Å². The molecule has 0 bridgehead atoms. The molecule has 1 fully saturated rings. The molecule has 2 rings (SSSR count). The van der Waals surface area contributed by atoms with E-state index in [9.17, 15) is 4.79 Å². The first-order valence-electron chi connectivity index (χ1n) is 7.88. The number of rotatable bonds is 4. The summed E-state index contributed by atoms with van der Waals surface area (Å²) in [5.41, 5.74) is 4.37. The van der Waals surface area contributed by atoms with Gasteiger partial charge < -0.3 is 4.90 Å². The quantitative estimate of drug-likeness (QED) is 0.796. The van der Waals surface area contributed by atoms with Crippen molar-refractivity contribution < 1.29 is 4.79 Å². The van der Waals surface area contributed by atoms with Gasteiger partial charge in [0, 0.05) is 18.2 Å². The first-order chi connectivity index (χ1) is 9.88. The lowest BCUT2D eigenvalue weighted by molar-refractivity contribution is 0.0851. The number of benzene rings is 1. The highest BCUT2D eigenvalue weighted by Gasteiger charge is 2.24. The molecule has 0 N–H and O–H groups in total. The third-order valence-corrected chi connectivity index (χ3v) is 4.53. The fourth-order valence-corrected chi connectivity index (χ4v) is 3.50. The van der Waals surface area contributed by atoms with Gasteiger partial charge in [-0.15, -0.1) is 0 Å². The first kappa shape index (κ1) is 16.2. The van der Waals surface area contributed by atoms with Gasteiger partial charge in [-0.3, -0.25) is 9.69 Å². The second-order valence-electron chi connectivity index (χ2n) is 6.69. The van der Waals surface area contributed by atoms with Crippen molar-refractivity contribution in [1.29, 1.82) is 0 Å². The molecule has 0 amide bonds. The van der Waals surface area contributed by atoms with Crippen molar-refractivity contribution in [3.8, 4) is 0 Å². The molecule has 1 aliphatic heterocycles. The normalized spacial score (nSPS) is 20.0. The minimum atomic E-state index is 0.268. The molecule has 0 aromatic heterocycles. The van der Waals surface area contributed by atoms with E-state index in [-0.39, 0.29) is 5.78 Å². The van der Waals surface area contributed by atoms with Gasteiger partial charge in [-0.1, -0.05) is 17.7 Å². The van der Waals surface area contributed by atoms with Crippen LogP contribution in [-0.2, 0) is 0 Å². The second-order valence-corrected chi connectivity index (χ2v) is 6.69. The number of aryl methyl sites for hydroxylation is 3. The lowest BCUT2D eigenvalue weighted by Gasteiger charge is -2.35. The molecule has 1 atom stereocenters. The zero-order valence-electron chi connectivity index (χ0n) is 14.1. The SMILES string of the molecule is Cc1cc(C)c(C(=O)CN2CCCC(N(C)C)C2)c(C)c1. The Kier molecular flexibility index (Phi) is 5.17. The molecule has 0 spiro atoms. The molecule has 1 saturated heterocycles. The summed E-state index contributed by atoms with van der Waals surface area (Å²) < 4.78 is 0. The van der Waals surface area contributed by atoms with Crippen molar-refractivity contribution in [2.24, 2.45) is 0 Å². The number of likely N-dealkylation sites (tertiary alicyclic amines) is 1. The molecular formula is C18H28N2O. The molecule has 0 radical (unpaired) electrons. The Morgan fingerprint density at radius 2 is 1.86 bits per heavy atom. The van der Waals surface area contributed by atoms with Gasteiger partial charge in [0.1, 0.15) is 0 Å². The molecule has 3 nitrogen and oxygen atoms in total. The predicted octanol–water partition coefficient (Wildman–Crippen LogP) is 2.82. The van der Waals surface area contributed by atoms with Gasteiger partial charge in [0.25, 0.3) is 0 Å². The minimum Gasteiger partial charge on any atom is -0.305 e. The lowest BCUT2D eigenvalue weighted by atomic mass is 9.95. The van der Waals surface area contributed by atoms with Crippen molar-refractivity contribution in [1.82, 2.24) is 9.80 Å². The molecule has 1 heterocycles. The maximum absolute atomic E-state index is 12.7. The van der Waals surface area contributed by atoms with E-state index in [0.717, 1.165) is 29.8 Å². The van der Waals surface area contributed by atoms with E-state index in [2.05, 4.69) is 43.0 Å². The fraction of sp³-hybridized carbons (Fsp3) is 0.611. The number of hydrogen-bond donors (Lipinski definition) is 0. The van der Waals surface area contributed by atoms with Crippen molar-refractivity contribution >= 4 is 5.78 Å². The monoisotopic (exact) mass is 288 g/mol. The molecule has 3 heteroatoms. The standard InChI is InChI=1S/C18H28N2O/c1-13-9-14(2)18(15(3)10-13)17(21)12-20-8-6-7-16(11-20)19(4)5/h9-10,16H,6-8,11-12H2,1-5H3. The van der Waals surface area contributed by atoms with Crippen LogP contribution in [0, 0.1) is 20.8 Å². The van der Waals surface area contributed by atoms with Crippen LogP contribution in [0.2, 0.25) is 0 Å². The van der Waals surface area contributed by atoms with Crippen LogP contribution in [0.5, 0.6) is 0 Å². The minimum absolute atomic E-state index is 0.268. The van der Waals surface area contributed by atoms with E-state index in [1.807, 2.05) is 13.8 Å². The zero-order valence-corrected chi connectivity index (χ0v) is 14.1. The van der Waals surface area contributed by atoms with Gasteiger partial charge in [0.15, 0.2) is 5.78 Å². The Bertz CT molecular complexity index is 499. The van der Waals surface area contributed by atoms with Crippen LogP contribution in [0.3, 0.4) is 0 Å². The molecule has 21 heavy (non-hydrogen) atoms. The van der Waals surface area contributed by atoms with Crippen LogP contribution in [0.1, 0.15) is 39.9 Å². The van der Waals surface area contributed by atoms with Crippen LogP contribution < -0.4 is 0 Å². The van der Waals surface area contributed by atoms with E-state index in [1.54, 1.807) is 0 Å². The maximum Gasteiger partial charge on any atom is 0.177 e. The van der Waals surface area contributed by atoms with Gasteiger partial charge in [0.2, 0.25) is 0 Å². The number of nitrogens with zero attached hydrogens (tertiary/aromatic N) is 2. The first-order valence-corrected chi connectivity index (χ1v) is 7.88. The average Bonchev–Trinajstić information content (AvgIpc) is 2.37. The Balaban J connectivity index is 2.08. The fourth-order valence-electron chi connectivity index (χ4n) is 3.50. The van der Waals surface area contributed by atoms with Gasteiger partial charge >= 0.3 is 0 Å².